The summed E-state index contributed by atoms with van der Waals surface area (Å²) in [6.07, 6.45) is 7.92. The van der Waals surface area contributed by atoms with Crippen LogP contribution in [-0.4, -0.2) is 27.5 Å². The number of para-hydroxylation sites is 2. The molecule has 3 nitrogen and oxygen atoms in total. The van der Waals surface area contributed by atoms with E-state index in [9.17, 15) is 0 Å². The third kappa shape index (κ3) is 3.46. The van der Waals surface area contributed by atoms with Gasteiger partial charge in [0.05, 0.1) is 17.6 Å². The van der Waals surface area contributed by atoms with E-state index in [1.807, 2.05) is 0 Å². The third-order valence-electron chi connectivity index (χ3n) is 4.53. The molecule has 0 N–H and O–H groups in total. The quantitative estimate of drug-likeness (QED) is 0.710. The Hall–Kier alpha value is -1.35. The van der Waals surface area contributed by atoms with Crippen LogP contribution in [0.1, 0.15) is 51.3 Å². The maximum atomic E-state index is 4.90. The molecule has 1 aliphatic rings. The van der Waals surface area contributed by atoms with E-state index in [4.69, 9.17) is 4.98 Å². The Morgan fingerprint density at radius 3 is 2.67 bits per heavy atom. The van der Waals surface area contributed by atoms with Gasteiger partial charge in [0, 0.05) is 6.54 Å². The van der Waals surface area contributed by atoms with Gasteiger partial charge in [0.15, 0.2) is 0 Å². The van der Waals surface area contributed by atoms with Crippen LogP contribution >= 0.6 is 0 Å². The number of aromatic nitrogens is 2. The summed E-state index contributed by atoms with van der Waals surface area (Å²) in [5.41, 5.74) is 2.46. The number of hydrogen-bond donors (Lipinski definition) is 0. The maximum absolute atomic E-state index is 4.90. The molecule has 1 aromatic carbocycles. The predicted molar refractivity (Wildman–Crippen MR) is 88.4 cm³/mol. The minimum atomic E-state index is 1.02. The fourth-order valence-electron chi connectivity index (χ4n) is 3.33. The van der Waals surface area contributed by atoms with Crippen molar-refractivity contribution in [2.24, 2.45) is 0 Å². The van der Waals surface area contributed by atoms with Crippen LogP contribution in [0.3, 0.4) is 0 Å². The lowest BCUT2D eigenvalue weighted by Crippen LogP contribution is -2.21. The first kappa shape index (κ1) is 14.6. The van der Waals surface area contributed by atoms with Crippen molar-refractivity contribution in [2.75, 3.05) is 13.1 Å². The van der Waals surface area contributed by atoms with Crippen LogP contribution < -0.4 is 0 Å². The summed E-state index contributed by atoms with van der Waals surface area (Å²) < 4.78 is 2.46. The second-order valence-electron chi connectivity index (χ2n) is 6.21. The van der Waals surface area contributed by atoms with Gasteiger partial charge in [-0.25, -0.2) is 4.98 Å². The van der Waals surface area contributed by atoms with Crippen molar-refractivity contribution in [2.45, 2.75) is 58.5 Å². The van der Waals surface area contributed by atoms with Crippen LogP contribution in [0, 0.1) is 0 Å². The molecule has 1 saturated heterocycles. The first-order chi connectivity index (χ1) is 10.4. The van der Waals surface area contributed by atoms with Gasteiger partial charge >= 0.3 is 0 Å². The van der Waals surface area contributed by atoms with E-state index in [1.165, 1.54) is 63.0 Å². The highest BCUT2D eigenvalue weighted by molar-refractivity contribution is 5.75. The number of imidazole rings is 1. The van der Waals surface area contributed by atoms with E-state index in [0.29, 0.717) is 0 Å². The van der Waals surface area contributed by atoms with Crippen LogP contribution in [0.15, 0.2) is 24.3 Å². The zero-order valence-corrected chi connectivity index (χ0v) is 13.2. The number of likely N-dealkylation sites (tertiary alicyclic amines) is 1. The van der Waals surface area contributed by atoms with Crippen molar-refractivity contribution < 1.29 is 0 Å². The van der Waals surface area contributed by atoms with Gasteiger partial charge in [-0.1, -0.05) is 38.3 Å². The minimum Gasteiger partial charge on any atom is -0.327 e. The molecule has 3 rings (SSSR count). The van der Waals surface area contributed by atoms with E-state index < -0.39 is 0 Å². The first-order valence-electron chi connectivity index (χ1n) is 8.55. The Kier molecular flexibility index (Phi) is 4.91. The highest BCUT2D eigenvalue weighted by Gasteiger charge is 2.16. The molecule has 1 aromatic heterocycles. The van der Waals surface area contributed by atoms with E-state index in [-0.39, 0.29) is 0 Å². The third-order valence-corrected chi connectivity index (χ3v) is 4.53. The molecular weight excluding hydrogens is 258 g/mol. The average Bonchev–Trinajstić information content (AvgIpc) is 3.12. The normalized spacial score (nSPS) is 16.0. The average molecular weight is 285 g/mol. The van der Waals surface area contributed by atoms with E-state index in [0.717, 1.165) is 18.6 Å². The fraction of sp³-hybridized carbons (Fsp3) is 0.611. The van der Waals surface area contributed by atoms with Crippen molar-refractivity contribution in [1.29, 1.82) is 0 Å². The van der Waals surface area contributed by atoms with Gasteiger partial charge < -0.3 is 4.57 Å². The van der Waals surface area contributed by atoms with Gasteiger partial charge in [-0.05, 0) is 44.5 Å². The monoisotopic (exact) mass is 285 g/mol. The second kappa shape index (κ2) is 7.08. The van der Waals surface area contributed by atoms with Crippen molar-refractivity contribution in [3.63, 3.8) is 0 Å². The van der Waals surface area contributed by atoms with Crippen molar-refractivity contribution in [1.82, 2.24) is 14.5 Å². The number of hydrogen-bond acceptors (Lipinski definition) is 2. The van der Waals surface area contributed by atoms with Crippen LogP contribution in [0.2, 0.25) is 0 Å². The lowest BCUT2D eigenvalue weighted by atomic mass is 10.2. The van der Waals surface area contributed by atoms with Gasteiger partial charge in [-0.15, -0.1) is 0 Å². The standard InChI is InChI=1S/C18H27N3/c1-2-3-4-7-14-21-17-11-6-5-10-16(17)19-18(21)15-20-12-8-9-13-20/h5-6,10-11H,2-4,7-9,12-15H2,1H3. The number of aryl methyl sites for hydroxylation is 1. The Bertz CT molecular complexity index is 567. The van der Waals surface area contributed by atoms with Crippen molar-refractivity contribution in [3.8, 4) is 0 Å². The van der Waals surface area contributed by atoms with Gasteiger partial charge in [0.2, 0.25) is 0 Å². The molecule has 1 aliphatic heterocycles. The molecule has 3 heteroatoms. The molecule has 0 amide bonds. The molecule has 0 bridgehead atoms. The SMILES string of the molecule is CCCCCCn1c(CN2CCCC2)nc2ccccc21. The lowest BCUT2D eigenvalue weighted by molar-refractivity contribution is 0.316. The zero-order chi connectivity index (χ0) is 14.5. The molecule has 0 spiro atoms. The summed E-state index contributed by atoms with van der Waals surface area (Å²) in [7, 11) is 0. The van der Waals surface area contributed by atoms with Crippen molar-refractivity contribution >= 4 is 11.0 Å². The number of fused-ring (bicyclic) bond motifs is 1. The number of benzene rings is 1. The topological polar surface area (TPSA) is 21.1 Å². The Balaban J connectivity index is 1.79. The summed E-state index contributed by atoms with van der Waals surface area (Å²) in [4.78, 5) is 7.44. The summed E-state index contributed by atoms with van der Waals surface area (Å²) in [5, 5.41) is 0. The molecule has 2 heterocycles. The molecule has 0 unspecified atom stereocenters. The number of rotatable bonds is 7. The van der Waals surface area contributed by atoms with Crippen LogP contribution in [0.5, 0.6) is 0 Å². The second-order valence-corrected chi connectivity index (χ2v) is 6.21. The van der Waals surface area contributed by atoms with Crippen LogP contribution in [0.4, 0.5) is 0 Å². The van der Waals surface area contributed by atoms with Crippen molar-refractivity contribution in [3.05, 3.63) is 30.1 Å². The Morgan fingerprint density at radius 1 is 1.05 bits per heavy atom. The Labute approximate surface area is 128 Å². The number of unbranched alkanes of at least 4 members (excludes halogenated alkanes) is 3. The van der Waals surface area contributed by atoms with E-state index in [1.54, 1.807) is 0 Å². The minimum absolute atomic E-state index is 1.02. The molecule has 0 radical (unpaired) electrons. The predicted octanol–water partition coefficient (Wildman–Crippen LogP) is 4.21. The summed E-state index contributed by atoms with van der Waals surface area (Å²) in [6.45, 7) is 6.87. The molecule has 114 valence electrons. The molecule has 2 aromatic rings. The number of nitrogens with zero attached hydrogens (tertiary/aromatic N) is 3. The largest absolute Gasteiger partial charge is 0.327 e. The Morgan fingerprint density at radius 2 is 1.86 bits per heavy atom. The highest BCUT2D eigenvalue weighted by atomic mass is 15.2. The summed E-state index contributed by atoms with van der Waals surface area (Å²) in [5.74, 6) is 1.26. The molecule has 0 saturated carbocycles. The molecular formula is C18H27N3. The summed E-state index contributed by atoms with van der Waals surface area (Å²) >= 11 is 0. The maximum Gasteiger partial charge on any atom is 0.124 e. The van der Waals surface area contributed by atoms with Crippen LogP contribution in [-0.2, 0) is 13.1 Å². The van der Waals surface area contributed by atoms with Gasteiger partial charge in [-0.2, -0.15) is 0 Å². The first-order valence-corrected chi connectivity index (χ1v) is 8.55. The lowest BCUT2D eigenvalue weighted by Gasteiger charge is -2.16. The molecule has 1 fully saturated rings. The van der Waals surface area contributed by atoms with E-state index in [2.05, 4.69) is 40.7 Å². The molecule has 0 atom stereocenters. The van der Waals surface area contributed by atoms with Gasteiger partial charge in [0.1, 0.15) is 5.82 Å². The van der Waals surface area contributed by atoms with Gasteiger partial charge in [-0.3, -0.25) is 4.90 Å². The van der Waals surface area contributed by atoms with Gasteiger partial charge in [0.25, 0.3) is 0 Å². The van der Waals surface area contributed by atoms with Crippen LogP contribution in [0.25, 0.3) is 11.0 Å². The van der Waals surface area contributed by atoms with E-state index >= 15 is 0 Å². The molecule has 21 heavy (non-hydrogen) atoms. The fourth-order valence-corrected chi connectivity index (χ4v) is 3.33. The smallest absolute Gasteiger partial charge is 0.124 e. The zero-order valence-electron chi connectivity index (χ0n) is 13.2. The molecule has 0 aliphatic carbocycles. The summed E-state index contributed by atoms with van der Waals surface area (Å²) in [6, 6.07) is 8.59. The highest BCUT2D eigenvalue weighted by Crippen LogP contribution is 2.20.